The standard InChI is InChI=1S/C22H19FN4O3/c1-13-3-8-18-15(11-30-21(18)14(13)2)9-20(28)25-26-22(29)19-10-24-12-27(19)17-6-4-16(23)5-7-17/h3-8,10-12H,9H2,1-2H3,(H,25,28)(H,26,29). The molecular weight excluding hydrogens is 387 g/mol. The second kappa shape index (κ2) is 7.82. The lowest BCUT2D eigenvalue weighted by Gasteiger charge is -2.10. The van der Waals surface area contributed by atoms with Crippen LogP contribution < -0.4 is 10.9 Å². The number of imidazole rings is 1. The lowest BCUT2D eigenvalue weighted by molar-refractivity contribution is -0.121. The van der Waals surface area contributed by atoms with Crippen LogP contribution in [0.3, 0.4) is 0 Å². The van der Waals surface area contributed by atoms with Gasteiger partial charge in [0.1, 0.15) is 17.1 Å². The molecule has 2 aromatic carbocycles. The normalized spacial score (nSPS) is 10.9. The molecule has 8 heteroatoms. The number of nitrogens with one attached hydrogen (secondary N) is 2. The Balaban J connectivity index is 1.43. The molecule has 4 aromatic rings. The molecule has 2 heterocycles. The first kappa shape index (κ1) is 19.4. The highest BCUT2D eigenvalue weighted by molar-refractivity contribution is 5.95. The molecule has 0 aliphatic heterocycles. The van der Waals surface area contributed by atoms with E-state index < -0.39 is 11.8 Å². The predicted molar refractivity (Wildman–Crippen MR) is 109 cm³/mol. The third-order valence-electron chi connectivity index (χ3n) is 4.98. The monoisotopic (exact) mass is 406 g/mol. The Kier molecular flexibility index (Phi) is 5.05. The van der Waals surface area contributed by atoms with Gasteiger partial charge in [-0.1, -0.05) is 12.1 Å². The highest BCUT2D eigenvalue weighted by atomic mass is 19.1. The van der Waals surface area contributed by atoms with Crippen molar-refractivity contribution < 1.29 is 18.4 Å². The van der Waals surface area contributed by atoms with Gasteiger partial charge in [0.05, 0.1) is 25.2 Å². The number of nitrogens with zero attached hydrogens (tertiary/aromatic N) is 2. The van der Waals surface area contributed by atoms with E-state index >= 15 is 0 Å². The quantitative estimate of drug-likeness (QED) is 0.509. The van der Waals surface area contributed by atoms with Gasteiger partial charge < -0.3 is 4.42 Å². The Bertz CT molecular complexity index is 1240. The molecular formula is C22H19FN4O3. The number of furan rings is 1. The largest absolute Gasteiger partial charge is 0.464 e. The summed E-state index contributed by atoms with van der Waals surface area (Å²) < 4.78 is 20.2. The SMILES string of the molecule is Cc1ccc2c(CC(=O)NNC(=O)c3cncn3-c3ccc(F)cc3)coc2c1C. The van der Waals surface area contributed by atoms with Crippen molar-refractivity contribution >= 4 is 22.8 Å². The molecule has 0 unspecified atom stereocenters. The van der Waals surface area contributed by atoms with Crippen molar-refractivity contribution in [1.82, 2.24) is 20.4 Å². The molecule has 2 aromatic heterocycles. The number of aryl methyl sites for hydroxylation is 2. The van der Waals surface area contributed by atoms with E-state index in [9.17, 15) is 14.0 Å². The fraction of sp³-hybridized carbons (Fsp3) is 0.136. The predicted octanol–water partition coefficient (Wildman–Crippen LogP) is 3.38. The number of aromatic nitrogens is 2. The van der Waals surface area contributed by atoms with Crippen molar-refractivity contribution in [3.63, 3.8) is 0 Å². The molecule has 2 amide bonds. The van der Waals surface area contributed by atoms with Gasteiger partial charge in [-0.05, 0) is 49.2 Å². The lowest BCUT2D eigenvalue weighted by Crippen LogP contribution is -2.43. The van der Waals surface area contributed by atoms with Gasteiger partial charge in [0, 0.05) is 16.6 Å². The summed E-state index contributed by atoms with van der Waals surface area (Å²) in [4.78, 5) is 28.8. The van der Waals surface area contributed by atoms with Crippen LogP contribution in [-0.2, 0) is 11.2 Å². The molecule has 0 saturated carbocycles. The second-order valence-corrected chi connectivity index (χ2v) is 6.95. The second-order valence-electron chi connectivity index (χ2n) is 6.95. The zero-order valence-corrected chi connectivity index (χ0v) is 16.4. The van der Waals surface area contributed by atoms with E-state index in [1.165, 1.54) is 41.4 Å². The van der Waals surface area contributed by atoms with Crippen molar-refractivity contribution in [2.24, 2.45) is 0 Å². The molecule has 7 nitrogen and oxygen atoms in total. The average molecular weight is 406 g/mol. The molecule has 0 aliphatic carbocycles. The van der Waals surface area contributed by atoms with Crippen LogP contribution in [-0.4, -0.2) is 21.4 Å². The van der Waals surface area contributed by atoms with E-state index in [-0.39, 0.29) is 17.9 Å². The fourth-order valence-corrected chi connectivity index (χ4v) is 3.20. The van der Waals surface area contributed by atoms with Crippen LogP contribution in [0, 0.1) is 19.7 Å². The van der Waals surface area contributed by atoms with Crippen LogP contribution in [0.4, 0.5) is 4.39 Å². The van der Waals surface area contributed by atoms with E-state index in [2.05, 4.69) is 15.8 Å². The maximum absolute atomic E-state index is 13.1. The summed E-state index contributed by atoms with van der Waals surface area (Å²) in [6.45, 7) is 3.96. The molecule has 0 spiro atoms. The molecule has 4 rings (SSSR count). The Morgan fingerprint density at radius 2 is 1.87 bits per heavy atom. The van der Waals surface area contributed by atoms with Gasteiger partial charge in [-0.25, -0.2) is 9.37 Å². The van der Waals surface area contributed by atoms with Crippen LogP contribution in [0.15, 0.2) is 59.6 Å². The molecule has 0 atom stereocenters. The lowest BCUT2D eigenvalue weighted by atomic mass is 10.0. The Labute approximate surface area is 171 Å². The van der Waals surface area contributed by atoms with Crippen LogP contribution >= 0.6 is 0 Å². The number of hydrazine groups is 1. The zero-order chi connectivity index (χ0) is 21.3. The van der Waals surface area contributed by atoms with Gasteiger partial charge in [-0.3, -0.25) is 25.0 Å². The van der Waals surface area contributed by atoms with Gasteiger partial charge in [0.2, 0.25) is 5.91 Å². The zero-order valence-electron chi connectivity index (χ0n) is 16.4. The number of halogens is 1. The summed E-state index contributed by atoms with van der Waals surface area (Å²) in [6, 6.07) is 9.53. The number of carbonyl (C=O) groups excluding carboxylic acids is 2. The van der Waals surface area contributed by atoms with Gasteiger partial charge in [0.25, 0.3) is 5.91 Å². The number of carbonyl (C=O) groups is 2. The minimum Gasteiger partial charge on any atom is -0.464 e. The van der Waals surface area contributed by atoms with Gasteiger partial charge in [-0.2, -0.15) is 0 Å². The highest BCUT2D eigenvalue weighted by Gasteiger charge is 2.16. The minimum atomic E-state index is -0.548. The highest BCUT2D eigenvalue weighted by Crippen LogP contribution is 2.26. The van der Waals surface area contributed by atoms with E-state index in [0.29, 0.717) is 5.69 Å². The Morgan fingerprint density at radius 1 is 1.10 bits per heavy atom. The fourth-order valence-electron chi connectivity index (χ4n) is 3.20. The number of rotatable bonds is 4. The maximum Gasteiger partial charge on any atom is 0.288 e. The third kappa shape index (κ3) is 3.67. The van der Waals surface area contributed by atoms with Crippen molar-refractivity contribution in [1.29, 1.82) is 0 Å². The maximum atomic E-state index is 13.1. The van der Waals surface area contributed by atoms with Crippen molar-refractivity contribution in [2.45, 2.75) is 20.3 Å². The Morgan fingerprint density at radius 3 is 2.63 bits per heavy atom. The van der Waals surface area contributed by atoms with Gasteiger partial charge in [0.15, 0.2) is 0 Å². The minimum absolute atomic E-state index is 0.0486. The number of benzene rings is 2. The smallest absolute Gasteiger partial charge is 0.288 e. The third-order valence-corrected chi connectivity index (χ3v) is 4.98. The Hall–Kier alpha value is -3.94. The number of hydrogen-bond donors (Lipinski definition) is 2. The number of fused-ring (bicyclic) bond motifs is 1. The summed E-state index contributed by atoms with van der Waals surface area (Å²) in [5.74, 6) is -1.32. The first-order chi connectivity index (χ1) is 14.4. The molecule has 0 fully saturated rings. The molecule has 0 radical (unpaired) electrons. The summed E-state index contributed by atoms with van der Waals surface area (Å²) in [6.07, 6.45) is 4.40. The topological polar surface area (TPSA) is 89.2 Å². The molecule has 0 aliphatic rings. The van der Waals surface area contributed by atoms with Crippen LogP contribution in [0.2, 0.25) is 0 Å². The molecule has 2 N–H and O–H groups in total. The summed E-state index contributed by atoms with van der Waals surface area (Å²) in [5.41, 5.74) is 9.18. The molecule has 152 valence electrons. The van der Waals surface area contributed by atoms with E-state index in [4.69, 9.17) is 4.42 Å². The summed E-state index contributed by atoms with van der Waals surface area (Å²) in [7, 11) is 0. The molecule has 0 bridgehead atoms. The van der Waals surface area contributed by atoms with Gasteiger partial charge in [-0.15, -0.1) is 0 Å². The van der Waals surface area contributed by atoms with E-state index in [0.717, 1.165) is 27.7 Å². The van der Waals surface area contributed by atoms with Crippen LogP contribution in [0.25, 0.3) is 16.7 Å². The van der Waals surface area contributed by atoms with Crippen molar-refractivity contribution in [2.75, 3.05) is 0 Å². The molecule has 0 saturated heterocycles. The average Bonchev–Trinajstić information content (AvgIpc) is 3.37. The van der Waals surface area contributed by atoms with Crippen molar-refractivity contribution in [3.8, 4) is 5.69 Å². The van der Waals surface area contributed by atoms with Crippen LogP contribution in [0.5, 0.6) is 0 Å². The summed E-state index contributed by atoms with van der Waals surface area (Å²) in [5, 5.41) is 0.869. The van der Waals surface area contributed by atoms with Crippen LogP contribution in [0.1, 0.15) is 27.2 Å². The van der Waals surface area contributed by atoms with E-state index in [1.54, 1.807) is 6.26 Å². The first-order valence-corrected chi connectivity index (χ1v) is 9.28. The van der Waals surface area contributed by atoms with Crippen molar-refractivity contribution in [3.05, 3.63) is 83.4 Å². The number of amides is 2. The molecule has 30 heavy (non-hydrogen) atoms. The first-order valence-electron chi connectivity index (χ1n) is 9.28. The summed E-state index contributed by atoms with van der Waals surface area (Å²) >= 11 is 0. The number of hydrogen-bond acceptors (Lipinski definition) is 4. The van der Waals surface area contributed by atoms with E-state index in [1.807, 2.05) is 26.0 Å². The van der Waals surface area contributed by atoms with Gasteiger partial charge >= 0.3 is 0 Å².